The van der Waals surface area contributed by atoms with Crippen LogP contribution in [0.1, 0.15) is 15.9 Å². The largest absolute Gasteiger partial charge is 0.399 e. The molecule has 4 N–H and O–H groups in total. The van der Waals surface area contributed by atoms with Gasteiger partial charge >= 0.3 is 0 Å². The molecule has 5 heteroatoms. The third-order valence-corrected chi connectivity index (χ3v) is 3.98. The maximum atomic E-state index is 12.4. The van der Waals surface area contributed by atoms with Crippen molar-refractivity contribution in [1.82, 2.24) is 4.98 Å². The van der Waals surface area contributed by atoms with Gasteiger partial charge in [-0.2, -0.15) is 0 Å². The fraction of sp³-hybridized carbons (Fsp3) is 0.0625. The quantitative estimate of drug-likeness (QED) is 0.613. The van der Waals surface area contributed by atoms with Crippen molar-refractivity contribution in [2.45, 2.75) is 6.92 Å². The van der Waals surface area contributed by atoms with Gasteiger partial charge in [0.15, 0.2) is 0 Å². The molecule has 0 spiro atoms. The van der Waals surface area contributed by atoms with Crippen molar-refractivity contribution < 1.29 is 4.79 Å². The number of nitrogens with two attached hydrogens (primary N) is 1. The van der Waals surface area contributed by atoms with Gasteiger partial charge in [0.25, 0.3) is 5.91 Å². The van der Waals surface area contributed by atoms with Gasteiger partial charge in [-0.25, -0.2) is 0 Å². The van der Waals surface area contributed by atoms with Crippen LogP contribution in [0.4, 0.5) is 11.4 Å². The van der Waals surface area contributed by atoms with E-state index in [1.165, 1.54) is 0 Å². The van der Waals surface area contributed by atoms with E-state index in [-0.39, 0.29) is 5.91 Å². The highest BCUT2D eigenvalue weighted by atomic mass is 79.9. The van der Waals surface area contributed by atoms with Gasteiger partial charge in [0.1, 0.15) is 0 Å². The highest BCUT2D eigenvalue weighted by Gasteiger charge is 2.13. The van der Waals surface area contributed by atoms with Gasteiger partial charge in [-0.1, -0.05) is 6.07 Å². The molecule has 0 aliphatic carbocycles. The predicted molar refractivity (Wildman–Crippen MR) is 89.5 cm³/mol. The van der Waals surface area contributed by atoms with Crippen LogP contribution in [-0.4, -0.2) is 10.9 Å². The SMILES string of the molecule is Cc1ccc(NC(=O)c2c[nH]c3ccc(N)cc23)c(Br)c1. The summed E-state index contributed by atoms with van der Waals surface area (Å²) < 4.78 is 0.857. The Bertz CT molecular complexity index is 839. The van der Waals surface area contributed by atoms with Crippen LogP contribution in [0.5, 0.6) is 0 Å². The van der Waals surface area contributed by atoms with Crippen LogP contribution in [0.15, 0.2) is 47.1 Å². The molecule has 0 bridgehead atoms. The molecule has 1 aromatic heterocycles. The number of halogens is 1. The Balaban J connectivity index is 1.95. The number of carbonyl (C=O) groups is 1. The molecule has 0 saturated carbocycles. The predicted octanol–water partition coefficient (Wildman–Crippen LogP) is 4.07. The molecule has 0 aliphatic rings. The molecule has 3 rings (SSSR count). The van der Waals surface area contributed by atoms with E-state index in [4.69, 9.17) is 5.73 Å². The molecular formula is C16H14BrN3O. The number of nitrogens with one attached hydrogen (secondary N) is 2. The lowest BCUT2D eigenvalue weighted by Gasteiger charge is -2.07. The average molecular weight is 344 g/mol. The topological polar surface area (TPSA) is 70.9 Å². The van der Waals surface area contributed by atoms with E-state index < -0.39 is 0 Å². The van der Waals surface area contributed by atoms with Crippen LogP contribution in [0.25, 0.3) is 10.9 Å². The first-order chi connectivity index (χ1) is 10.0. The monoisotopic (exact) mass is 343 g/mol. The Morgan fingerprint density at radius 1 is 1.24 bits per heavy atom. The third kappa shape index (κ3) is 2.64. The van der Waals surface area contributed by atoms with Crippen molar-refractivity contribution in [3.63, 3.8) is 0 Å². The zero-order chi connectivity index (χ0) is 15.0. The van der Waals surface area contributed by atoms with Gasteiger partial charge in [-0.15, -0.1) is 0 Å². The second kappa shape index (κ2) is 5.26. The normalized spacial score (nSPS) is 10.8. The summed E-state index contributed by atoms with van der Waals surface area (Å²) in [6, 6.07) is 11.3. The number of rotatable bonds is 2. The van der Waals surface area contributed by atoms with Gasteiger partial charge in [0.2, 0.25) is 0 Å². The Morgan fingerprint density at radius 2 is 2.05 bits per heavy atom. The number of anilines is 2. The van der Waals surface area contributed by atoms with E-state index in [0.29, 0.717) is 11.3 Å². The lowest BCUT2D eigenvalue weighted by molar-refractivity contribution is 0.102. The first-order valence-electron chi connectivity index (χ1n) is 6.49. The molecule has 0 aliphatic heterocycles. The second-order valence-corrected chi connectivity index (χ2v) is 5.80. The number of amides is 1. The summed E-state index contributed by atoms with van der Waals surface area (Å²) in [5.74, 6) is -0.170. The molecule has 1 heterocycles. The van der Waals surface area contributed by atoms with Gasteiger partial charge in [-0.3, -0.25) is 4.79 Å². The highest BCUT2D eigenvalue weighted by molar-refractivity contribution is 9.10. The van der Waals surface area contributed by atoms with Crippen molar-refractivity contribution in [3.8, 4) is 0 Å². The summed E-state index contributed by atoms with van der Waals surface area (Å²) in [6.07, 6.45) is 1.70. The van der Waals surface area contributed by atoms with Gasteiger partial charge in [0.05, 0.1) is 11.3 Å². The summed E-state index contributed by atoms with van der Waals surface area (Å²) >= 11 is 3.46. The maximum absolute atomic E-state index is 12.4. The Kier molecular flexibility index (Phi) is 3.43. The minimum atomic E-state index is -0.170. The van der Waals surface area contributed by atoms with Crippen LogP contribution in [0.3, 0.4) is 0 Å². The molecular weight excluding hydrogens is 330 g/mol. The molecule has 21 heavy (non-hydrogen) atoms. The molecule has 0 fully saturated rings. The summed E-state index contributed by atoms with van der Waals surface area (Å²) in [4.78, 5) is 15.5. The summed E-state index contributed by atoms with van der Waals surface area (Å²) in [5.41, 5.74) is 9.75. The van der Waals surface area contributed by atoms with Crippen molar-refractivity contribution >= 4 is 44.1 Å². The lowest BCUT2D eigenvalue weighted by atomic mass is 10.1. The average Bonchev–Trinajstić information content (AvgIpc) is 2.85. The Labute approximate surface area is 130 Å². The molecule has 0 unspecified atom stereocenters. The van der Waals surface area contributed by atoms with Crippen LogP contribution < -0.4 is 11.1 Å². The number of benzene rings is 2. The first-order valence-corrected chi connectivity index (χ1v) is 7.28. The Hall–Kier alpha value is -2.27. The molecule has 1 amide bonds. The fourth-order valence-corrected chi connectivity index (χ4v) is 2.83. The second-order valence-electron chi connectivity index (χ2n) is 4.94. The molecule has 4 nitrogen and oxygen atoms in total. The van der Waals surface area contributed by atoms with Gasteiger partial charge < -0.3 is 16.0 Å². The summed E-state index contributed by atoms with van der Waals surface area (Å²) in [5, 5.41) is 3.72. The molecule has 0 radical (unpaired) electrons. The number of H-pyrrole nitrogens is 1. The first kappa shape index (κ1) is 13.7. The van der Waals surface area contributed by atoms with Crippen LogP contribution in [0.2, 0.25) is 0 Å². The molecule has 3 aromatic rings. The van der Waals surface area contributed by atoms with E-state index in [1.807, 2.05) is 31.2 Å². The molecule has 0 saturated heterocycles. The van der Waals surface area contributed by atoms with Gasteiger partial charge in [0, 0.05) is 27.3 Å². The van der Waals surface area contributed by atoms with Crippen LogP contribution in [0, 0.1) is 6.92 Å². The standard InChI is InChI=1S/C16H14BrN3O/c1-9-2-4-15(13(17)6-9)20-16(21)12-8-19-14-5-3-10(18)7-11(12)14/h2-8,19H,18H2,1H3,(H,20,21). The number of fused-ring (bicyclic) bond motifs is 1. The molecule has 2 aromatic carbocycles. The van der Waals surface area contributed by atoms with E-state index in [9.17, 15) is 4.79 Å². The minimum Gasteiger partial charge on any atom is -0.399 e. The van der Waals surface area contributed by atoms with Crippen LogP contribution in [-0.2, 0) is 0 Å². The van der Waals surface area contributed by atoms with Crippen molar-refractivity contribution in [1.29, 1.82) is 0 Å². The molecule has 0 atom stereocenters. The number of carbonyl (C=O) groups excluding carboxylic acids is 1. The number of hydrogen-bond donors (Lipinski definition) is 3. The number of aromatic amines is 1. The lowest BCUT2D eigenvalue weighted by Crippen LogP contribution is -2.11. The zero-order valence-corrected chi connectivity index (χ0v) is 13.0. The smallest absolute Gasteiger partial charge is 0.257 e. The van der Waals surface area contributed by atoms with Crippen molar-refractivity contribution in [2.75, 3.05) is 11.1 Å². The fourth-order valence-electron chi connectivity index (χ4n) is 2.24. The van der Waals surface area contributed by atoms with Crippen molar-refractivity contribution in [2.24, 2.45) is 0 Å². The zero-order valence-electron chi connectivity index (χ0n) is 11.4. The van der Waals surface area contributed by atoms with E-state index >= 15 is 0 Å². The number of hydrogen-bond acceptors (Lipinski definition) is 2. The third-order valence-electron chi connectivity index (χ3n) is 3.32. The summed E-state index contributed by atoms with van der Waals surface area (Å²) in [7, 11) is 0. The number of aryl methyl sites for hydroxylation is 1. The van der Waals surface area contributed by atoms with E-state index in [0.717, 1.165) is 26.6 Å². The Morgan fingerprint density at radius 3 is 2.81 bits per heavy atom. The highest BCUT2D eigenvalue weighted by Crippen LogP contribution is 2.26. The van der Waals surface area contributed by atoms with E-state index in [1.54, 1.807) is 18.3 Å². The molecule has 106 valence electrons. The van der Waals surface area contributed by atoms with Gasteiger partial charge in [-0.05, 0) is 58.7 Å². The minimum absolute atomic E-state index is 0.170. The van der Waals surface area contributed by atoms with E-state index in [2.05, 4.69) is 26.2 Å². The summed E-state index contributed by atoms with van der Waals surface area (Å²) in [6.45, 7) is 2.00. The number of nitrogen functional groups attached to an aromatic ring is 1. The van der Waals surface area contributed by atoms with Crippen LogP contribution >= 0.6 is 15.9 Å². The maximum Gasteiger partial charge on any atom is 0.257 e. The number of aromatic nitrogens is 1. The van der Waals surface area contributed by atoms with Crippen molar-refractivity contribution in [3.05, 3.63) is 58.2 Å².